The van der Waals surface area contributed by atoms with Crippen molar-refractivity contribution in [3.8, 4) is 5.75 Å². The van der Waals surface area contributed by atoms with Crippen LogP contribution in [0.1, 0.15) is 36.7 Å². The third-order valence-corrected chi connectivity index (χ3v) is 7.14. The Bertz CT molecular complexity index is 1090. The molecule has 0 bridgehead atoms. The van der Waals surface area contributed by atoms with E-state index in [2.05, 4.69) is 0 Å². The number of anilines is 1. The van der Waals surface area contributed by atoms with Crippen molar-refractivity contribution in [1.82, 2.24) is 4.90 Å². The third-order valence-electron chi connectivity index (χ3n) is 5.41. The minimum Gasteiger partial charge on any atom is -0.490 e. The van der Waals surface area contributed by atoms with Gasteiger partial charge in [-0.25, -0.2) is 8.42 Å². The predicted molar refractivity (Wildman–Crippen MR) is 119 cm³/mol. The van der Waals surface area contributed by atoms with E-state index in [9.17, 15) is 26.4 Å². The zero-order valence-electron chi connectivity index (χ0n) is 18.7. The molecule has 0 aliphatic carbocycles. The Hall–Kier alpha value is -2.75. The van der Waals surface area contributed by atoms with E-state index in [0.29, 0.717) is 37.6 Å². The summed E-state index contributed by atoms with van der Waals surface area (Å²) < 4.78 is 68.8. The first-order chi connectivity index (χ1) is 15.4. The first kappa shape index (κ1) is 24.9. The number of rotatable bonds is 6. The van der Waals surface area contributed by atoms with Crippen molar-refractivity contribution < 1.29 is 31.1 Å². The van der Waals surface area contributed by atoms with E-state index in [1.807, 2.05) is 18.7 Å². The van der Waals surface area contributed by atoms with Crippen LogP contribution in [-0.4, -0.2) is 57.3 Å². The monoisotopic (exact) mass is 484 g/mol. The molecule has 1 amide bonds. The van der Waals surface area contributed by atoms with Crippen molar-refractivity contribution in [2.75, 3.05) is 36.8 Å². The fraction of sp³-hybridized carbons (Fsp3) is 0.435. The van der Waals surface area contributed by atoms with Crippen molar-refractivity contribution >= 4 is 21.4 Å². The normalized spacial score (nSPS) is 15.1. The summed E-state index contributed by atoms with van der Waals surface area (Å²) in [5, 5.41) is 0. The van der Waals surface area contributed by atoms with E-state index >= 15 is 0 Å². The number of benzene rings is 2. The van der Waals surface area contributed by atoms with Crippen LogP contribution in [0.5, 0.6) is 5.75 Å². The highest BCUT2D eigenvalue weighted by Crippen LogP contribution is 2.31. The zero-order chi connectivity index (χ0) is 24.4. The number of ether oxygens (including phenoxy) is 1. The summed E-state index contributed by atoms with van der Waals surface area (Å²) in [5.41, 5.74) is 0.121. The van der Waals surface area contributed by atoms with Crippen molar-refractivity contribution in [1.29, 1.82) is 0 Å². The lowest BCUT2D eigenvalue weighted by Crippen LogP contribution is -2.49. The number of carbonyl (C=O) groups excluding carboxylic acids is 1. The van der Waals surface area contributed by atoms with Crippen LogP contribution in [0.4, 0.5) is 18.9 Å². The molecule has 0 aromatic heterocycles. The van der Waals surface area contributed by atoms with Gasteiger partial charge in [0.25, 0.3) is 5.91 Å². The van der Waals surface area contributed by atoms with Gasteiger partial charge in [-0.05, 0) is 56.3 Å². The van der Waals surface area contributed by atoms with Crippen LogP contribution in [-0.2, 0) is 16.0 Å². The van der Waals surface area contributed by atoms with E-state index in [1.165, 1.54) is 37.3 Å². The molecule has 1 aliphatic heterocycles. The van der Waals surface area contributed by atoms with Crippen LogP contribution in [0.15, 0.2) is 47.4 Å². The Morgan fingerprint density at radius 2 is 1.64 bits per heavy atom. The van der Waals surface area contributed by atoms with Crippen molar-refractivity contribution in [3.63, 3.8) is 0 Å². The number of sulfone groups is 1. The van der Waals surface area contributed by atoms with E-state index in [1.54, 1.807) is 4.90 Å². The molecule has 0 atom stereocenters. The Labute approximate surface area is 191 Å². The molecule has 3 rings (SSSR count). The number of amides is 1. The van der Waals surface area contributed by atoms with Crippen molar-refractivity contribution in [2.24, 2.45) is 0 Å². The number of hydrogen-bond acceptors (Lipinski definition) is 5. The molecule has 1 fully saturated rings. The molecule has 1 heterocycles. The lowest BCUT2D eigenvalue weighted by molar-refractivity contribution is -0.137. The molecule has 0 N–H and O–H groups in total. The molecule has 0 radical (unpaired) electrons. The van der Waals surface area contributed by atoms with Gasteiger partial charge in [-0.1, -0.05) is 6.92 Å². The molecular formula is C23H27F3N2O4S. The molecule has 180 valence electrons. The van der Waals surface area contributed by atoms with Crippen LogP contribution in [0.2, 0.25) is 0 Å². The number of nitrogens with zero attached hydrogens (tertiary/aromatic N) is 2. The molecule has 1 saturated heterocycles. The van der Waals surface area contributed by atoms with Gasteiger partial charge in [-0.15, -0.1) is 0 Å². The van der Waals surface area contributed by atoms with Crippen LogP contribution < -0.4 is 9.64 Å². The highest BCUT2D eigenvalue weighted by atomic mass is 32.2. The minimum absolute atomic E-state index is 0.0628. The van der Waals surface area contributed by atoms with Crippen LogP contribution in [0.25, 0.3) is 0 Å². The Morgan fingerprint density at radius 1 is 1.03 bits per heavy atom. The van der Waals surface area contributed by atoms with E-state index in [0.717, 1.165) is 12.1 Å². The average Bonchev–Trinajstić information content (AvgIpc) is 2.78. The van der Waals surface area contributed by atoms with Crippen LogP contribution in [0, 0.1) is 0 Å². The molecule has 1 aliphatic rings. The highest BCUT2D eigenvalue weighted by Gasteiger charge is 2.31. The molecule has 33 heavy (non-hydrogen) atoms. The summed E-state index contributed by atoms with van der Waals surface area (Å²) in [6.07, 6.45) is -4.60. The predicted octanol–water partition coefficient (Wildman–Crippen LogP) is 4.25. The Balaban J connectivity index is 1.77. The number of alkyl halides is 3. The molecule has 2 aromatic rings. The second kappa shape index (κ2) is 9.62. The van der Waals surface area contributed by atoms with E-state index < -0.39 is 21.6 Å². The third kappa shape index (κ3) is 5.79. The van der Waals surface area contributed by atoms with Crippen LogP contribution in [0.3, 0.4) is 0 Å². The lowest BCUT2D eigenvalue weighted by Gasteiger charge is -2.36. The zero-order valence-corrected chi connectivity index (χ0v) is 19.5. The summed E-state index contributed by atoms with van der Waals surface area (Å²) in [4.78, 5) is 16.9. The molecule has 0 saturated carbocycles. The first-order valence-electron chi connectivity index (χ1n) is 10.7. The second-order valence-electron chi connectivity index (χ2n) is 8.05. The van der Waals surface area contributed by atoms with Gasteiger partial charge >= 0.3 is 6.18 Å². The van der Waals surface area contributed by atoms with Gasteiger partial charge in [-0.3, -0.25) is 4.79 Å². The summed E-state index contributed by atoms with van der Waals surface area (Å²) >= 11 is 0. The Morgan fingerprint density at radius 3 is 2.15 bits per heavy atom. The van der Waals surface area contributed by atoms with E-state index in [-0.39, 0.29) is 28.2 Å². The lowest BCUT2D eigenvalue weighted by atomic mass is 10.1. The number of carbonyl (C=O) groups is 1. The minimum atomic E-state index is -4.39. The smallest absolute Gasteiger partial charge is 0.416 e. The van der Waals surface area contributed by atoms with Gasteiger partial charge in [0.05, 0.1) is 27.9 Å². The maximum absolute atomic E-state index is 13.3. The summed E-state index contributed by atoms with van der Waals surface area (Å²) in [5.74, 6) is -0.113. The maximum atomic E-state index is 13.3. The average molecular weight is 485 g/mol. The maximum Gasteiger partial charge on any atom is 0.416 e. The fourth-order valence-corrected chi connectivity index (χ4v) is 4.50. The molecule has 0 spiro atoms. The van der Waals surface area contributed by atoms with Crippen LogP contribution >= 0.6 is 0 Å². The number of halogens is 3. The van der Waals surface area contributed by atoms with Gasteiger partial charge < -0.3 is 14.5 Å². The van der Waals surface area contributed by atoms with Gasteiger partial charge in [0.2, 0.25) is 0 Å². The molecule has 6 nitrogen and oxygen atoms in total. The van der Waals surface area contributed by atoms with Gasteiger partial charge in [0.15, 0.2) is 9.84 Å². The quantitative estimate of drug-likeness (QED) is 0.613. The molecular weight excluding hydrogens is 457 g/mol. The topological polar surface area (TPSA) is 66.9 Å². The van der Waals surface area contributed by atoms with Crippen molar-refractivity contribution in [3.05, 3.63) is 53.6 Å². The molecule has 10 heteroatoms. The van der Waals surface area contributed by atoms with Gasteiger partial charge in [-0.2, -0.15) is 13.2 Å². The second-order valence-corrected chi connectivity index (χ2v) is 10.3. The SMILES string of the molecule is CCS(=O)(=O)c1ccc(OC(C)C)c(C(=O)N2CCN(c3ccc(C(F)(F)F)cc3)CC2)c1. The van der Waals surface area contributed by atoms with Gasteiger partial charge in [0, 0.05) is 31.9 Å². The molecule has 2 aromatic carbocycles. The number of hydrogen-bond donors (Lipinski definition) is 0. The standard InChI is InChI=1S/C23H27F3N2O4S/c1-4-33(30,31)19-9-10-21(32-16(2)3)20(15-19)22(29)28-13-11-27(12-14-28)18-7-5-17(6-8-18)23(24,25)26/h5-10,15-16H,4,11-14H2,1-3H3. The highest BCUT2D eigenvalue weighted by molar-refractivity contribution is 7.91. The Kier molecular flexibility index (Phi) is 7.26. The summed E-state index contributed by atoms with van der Waals surface area (Å²) in [6, 6.07) is 9.25. The fourth-order valence-electron chi connectivity index (χ4n) is 3.59. The first-order valence-corrected chi connectivity index (χ1v) is 12.3. The van der Waals surface area contributed by atoms with Gasteiger partial charge in [0.1, 0.15) is 5.75 Å². The van der Waals surface area contributed by atoms with Crippen molar-refractivity contribution in [2.45, 2.75) is 37.9 Å². The number of piperazine rings is 1. The molecule has 0 unspecified atom stereocenters. The summed E-state index contributed by atoms with van der Waals surface area (Å²) in [6.45, 7) is 6.71. The summed E-state index contributed by atoms with van der Waals surface area (Å²) in [7, 11) is -3.50. The van der Waals surface area contributed by atoms with E-state index in [4.69, 9.17) is 4.74 Å². The largest absolute Gasteiger partial charge is 0.490 e.